The highest BCUT2D eigenvalue weighted by Gasteiger charge is 2.56. The topological polar surface area (TPSA) is 75.0 Å². The summed E-state index contributed by atoms with van der Waals surface area (Å²) in [6, 6.07) is 1.68. The fourth-order valence-electron chi connectivity index (χ4n) is 4.09. The van der Waals surface area contributed by atoms with Gasteiger partial charge in [-0.25, -0.2) is 22.3 Å². The maximum atomic E-state index is 15.0. The molecule has 2 N–H and O–H groups in total. The summed E-state index contributed by atoms with van der Waals surface area (Å²) in [4.78, 5) is 2.39. The van der Waals surface area contributed by atoms with Crippen LogP contribution in [0.15, 0.2) is 53.1 Å². The van der Waals surface area contributed by atoms with Crippen molar-refractivity contribution in [3.8, 4) is 11.1 Å². The molecule has 2 aliphatic rings. The molecule has 1 aromatic heterocycles. The molecule has 0 aliphatic carbocycles. The molecular formula is C25H27F6N5O3S. The van der Waals surface area contributed by atoms with Crippen molar-refractivity contribution in [1.29, 1.82) is 0 Å². The predicted molar refractivity (Wildman–Crippen MR) is 140 cm³/mol. The Balaban J connectivity index is 0.000000676. The molecule has 1 fully saturated rings. The Bertz CT molecular complexity index is 1380. The van der Waals surface area contributed by atoms with Gasteiger partial charge in [0, 0.05) is 71.0 Å². The normalized spacial score (nSPS) is 17.3. The van der Waals surface area contributed by atoms with Crippen molar-refractivity contribution in [2.75, 3.05) is 46.9 Å². The van der Waals surface area contributed by atoms with Gasteiger partial charge in [-0.05, 0) is 19.2 Å². The molecule has 5 rings (SSSR count). The number of hydrogen-bond acceptors (Lipinski definition) is 9. The van der Waals surface area contributed by atoms with Gasteiger partial charge >= 0.3 is 5.92 Å². The van der Waals surface area contributed by atoms with Crippen LogP contribution in [0, 0.1) is 23.3 Å². The standard InChI is InChI=1S/C21H15F6N5OS.2C2H6O/c1-9-31-7-15(30-34-28-2)21(26,27)16(31)8-32(9)20-19-14(33-29-20)4-3-11(23)18(19)17-12(24)5-10(22)6-13(17)25;2*1-3-2/h3-6,8,15,28,30H,1,7H2,2H3;2*1-2H3/t15-;;/m1../s1. The zero-order valence-electron chi connectivity index (χ0n) is 22.1. The third-order valence-electron chi connectivity index (χ3n) is 5.63. The second-order valence-corrected chi connectivity index (χ2v) is 9.22. The SMILES string of the molecule is C=C1N2C[C@@H](NSNC)C(F)(F)C2=CN1c1noc2ccc(F)c(-c3c(F)cc(F)cc3F)c12.COC.COC. The summed E-state index contributed by atoms with van der Waals surface area (Å²) in [5.74, 6) is -8.38. The molecule has 0 unspecified atom stereocenters. The molecule has 0 saturated carbocycles. The van der Waals surface area contributed by atoms with Crippen LogP contribution in [0.2, 0.25) is 0 Å². The zero-order valence-corrected chi connectivity index (χ0v) is 22.9. The summed E-state index contributed by atoms with van der Waals surface area (Å²) < 4.78 is 107. The molecule has 218 valence electrons. The highest BCUT2D eigenvalue weighted by molar-refractivity contribution is 7.95. The van der Waals surface area contributed by atoms with Gasteiger partial charge in [0.25, 0.3) is 0 Å². The molecule has 15 heteroatoms. The molecular weight excluding hydrogens is 564 g/mol. The van der Waals surface area contributed by atoms with Gasteiger partial charge in [-0.3, -0.25) is 9.62 Å². The summed E-state index contributed by atoms with van der Waals surface area (Å²) in [5.41, 5.74) is -1.88. The van der Waals surface area contributed by atoms with E-state index in [4.69, 9.17) is 4.52 Å². The molecule has 0 spiro atoms. The van der Waals surface area contributed by atoms with Crippen LogP contribution >= 0.6 is 12.1 Å². The largest absolute Gasteiger partial charge is 0.388 e. The number of anilines is 1. The third kappa shape index (κ3) is 5.78. The first kappa shape index (κ1) is 31.3. The van der Waals surface area contributed by atoms with Crippen molar-refractivity contribution < 1.29 is 40.3 Å². The minimum atomic E-state index is -3.30. The number of ether oxygens (including phenoxy) is 2. The van der Waals surface area contributed by atoms with E-state index in [1.807, 2.05) is 0 Å². The summed E-state index contributed by atoms with van der Waals surface area (Å²) in [5, 5.41) is 3.65. The van der Waals surface area contributed by atoms with E-state index >= 15 is 8.78 Å². The maximum absolute atomic E-state index is 15.0. The van der Waals surface area contributed by atoms with Gasteiger partial charge in [0.1, 0.15) is 40.8 Å². The number of nitrogens with zero attached hydrogens (tertiary/aromatic N) is 3. The van der Waals surface area contributed by atoms with Crippen LogP contribution in [0.4, 0.5) is 32.2 Å². The lowest BCUT2D eigenvalue weighted by Crippen LogP contribution is -2.41. The van der Waals surface area contributed by atoms with Gasteiger partial charge in [-0.15, -0.1) is 0 Å². The molecule has 40 heavy (non-hydrogen) atoms. The average Bonchev–Trinajstić information content (AvgIpc) is 3.51. The predicted octanol–water partition coefficient (Wildman–Crippen LogP) is 5.40. The van der Waals surface area contributed by atoms with Crippen LogP contribution < -0.4 is 14.3 Å². The van der Waals surface area contributed by atoms with Crippen molar-refractivity contribution in [2.45, 2.75) is 12.0 Å². The molecule has 0 bridgehead atoms. The molecule has 0 radical (unpaired) electrons. The Kier molecular flexibility index (Phi) is 10.1. The molecule has 3 aromatic rings. The smallest absolute Gasteiger partial charge is 0.306 e. The third-order valence-corrected chi connectivity index (χ3v) is 6.24. The lowest BCUT2D eigenvalue weighted by Gasteiger charge is -2.22. The number of methoxy groups -OCH3 is 2. The van der Waals surface area contributed by atoms with Gasteiger partial charge in [-0.2, -0.15) is 8.78 Å². The Morgan fingerprint density at radius 1 is 1.02 bits per heavy atom. The molecule has 1 saturated heterocycles. The first-order valence-electron chi connectivity index (χ1n) is 11.4. The van der Waals surface area contributed by atoms with E-state index in [1.54, 1.807) is 35.5 Å². The van der Waals surface area contributed by atoms with E-state index < -0.39 is 46.4 Å². The number of fused-ring (bicyclic) bond motifs is 2. The molecule has 2 aliphatic heterocycles. The van der Waals surface area contributed by atoms with Gasteiger partial charge < -0.3 is 18.9 Å². The number of benzene rings is 2. The summed E-state index contributed by atoms with van der Waals surface area (Å²) >= 11 is 0.909. The van der Waals surface area contributed by atoms with E-state index in [0.717, 1.165) is 29.3 Å². The Morgan fingerprint density at radius 2 is 1.62 bits per heavy atom. The summed E-state index contributed by atoms with van der Waals surface area (Å²) in [7, 11) is 8.07. The Labute approximate surface area is 230 Å². The van der Waals surface area contributed by atoms with E-state index in [2.05, 4.69) is 30.7 Å². The Hall–Kier alpha value is -3.24. The maximum Gasteiger partial charge on any atom is 0.306 e. The second kappa shape index (κ2) is 13.0. The van der Waals surface area contributed by atoms with E-state index in [-0.39, 0.29) is 34.8 Å². The van der Waals surface area contributed by atoms with Crippen molar-refractivity contribution in [2.24, 2.45) is 0 Å². The summed E-state index contributed by atoms with van der Waals surface area (Å²) in [6.07, 6.45) is 1.07. The second-order valence-electron chi connectivity index (χ2n) is 8.37. The quantitative estimate of drug-likeness (QED) is 0.300. The molecule has 0 amide bonds. The monoisotopic (exact) mass is 591 g/mol. The molecule has 3 heterocycles. The van der Waals surface area contributed by atoms with Crippen LogP contribution in [-0.4, -0.2) is 64.1 Å². The average molecular weight is 592 g/mol. The lowest BCUT2D eigenvalue weighted by atomic mass is 9.99. The number of nitrogens with one attached hydrogen (secondary N) is 2. The highest BCUT2D eigenvalue weighted by Crippen LogP contribution is 2.48. The number of halogens is 6. The minimum Gasteiger partial charge on any atom is -0.388 e. The number of aromatic nitrogens is 1. The van der Waals surface area contributed by atoms with E-state index in [9.17, 15) is 17.6 Å². The van der Waals surface area contributed by atoms with Crippen molar-refractivity contribution in [3.63, 3.8) is 0 Å². The van der Waals surface area contributed by atoms with Gasteiger partial charge in [0.2, 0.25) is 0 Å². The molecule has 8 nitrogen and oxygen atoms in total. The summed E-state index contributed by atoms with van der Waals surface area (Å²) in [6.45, 7) is 3.70. The molecule has 1 atom stereocenters. The number of hydrogen-bond donors (Lipinski definition) is 2. The zero-order chi connectivity index (χ0) is 29.8. The van der Waals surface area contributed by atoms with Crippen LogP contribution in [0.3, 0.4) is 0 Å². The van der Waals surface area contributed by atoms with Crippen LogP contribution in [0.25, 0.3) is 22.1 Å². The van der Waals surface area contributed by atoms with E-state index in [0.29, 0.717) is 12.1 Å². The van der Waals surface area contributed by atoms with Crippen molar-refractivity contribution in [3.05, 3.63) is 71.8 Å². The Morgan fingerprint density at radius 3 is 2.17 bits per heavy atom. The highest BCUT2D eigenvalue weighted by atomic mass is 32.2. The lowest BCUT2D eigenvalue weighted by molar-refractivity contribution is 0.0274. The van der Waals surface area contributed by atoms with Crippen LogP contribution in [-0.2, 0) is 9.47 Å². The first-order valence-corrected chi connectivity index (χ1v) is 12.3. The van der Waals surface area contributed by atoms with Gasteiger partial charge in [0.15, 0.2) is 11.4 Å². The van der Waals surface area contributed by atoms with Crippen LogP contribution in [0.5, 0.6) is 0 Å². The first-order chi connectivity index (χ1) is 19.0. The van der Waals surface area contributed by atoms with Crippen molar-refractivity contribution in [1.82, 2.24) is 19.5 Å². The van der Waals surface area contributed by atoms with Crippen molar-refractivity contribution >= 4 is 28.9 Å². The van der Waals surface area contributed by atoms with Gasteiger partial charge in [0.05, 0.1) is 10.9 Å². The number of alkyl halides is 2. The fourth-order valence-corrected chi connectivity index (χ4v) is 4.57. The fraction of sp³-hybridized carbons (Fsp3) is 0.320. The minimum absolute atomic E-state index is 0.0545. The number of rotatable bonds is 5. The van der Waals surface area contributed by atoms with Gasteiger partial charge in [-0.1, -0.05) is 11.7 Å². The molecule has 2 aromatic carbocycles. The van der Waals surface area contributed by atoms with E-state index in [1.165, 1.54) is 11.0 Å². The van der Waals surface area contributed by atoms with Crippen LogP contribution in [0.1, 0.15) is 0 Å².